The molecule has 0 bridgehead atoms. The summed E-state index contributed by atoms with van der Waals surface area (Å²) in [7, 11) is 1.19. The van der Waals surface area contributed by atoms with Crippen LogP contribution >= 0.6 is 19.5 Å². The zero-order valence-electron chi connectivity index (χ0n) is 22.7. The summed E-state index contributed by atoms with van der Waals surface area (Å²) in [6.07, 6.45) is 1.57. The Labute approximate surface area is 240 Å². The van der Waals surface area contributed by atoms with Crippen molar-refractivity contribution in [3.05, 3.63) is 65.8 Å². The highest BCUT2D eigenvalue weighted by Crippen LogP contribution is 2.36. The molecule has 0 spiro atoms. The fourth-order valence-electron chi connectivity index (χ4n) is 4.65. The number of hydrogen-bond acceptors (Lipinski definition) is 8. The number of hydrogen-bond donors (Lipinski definition) is 3. The first-order valence-corrected chi connectivity index (χ1v) is 15.6. The Bertz CT molecular complexity index is 1520. The smallest absolute Gasteiger partial charge is 0.234 e. The van der Waals surface area contributed by atoms with Crippen LogP contribution in [0.1, 0.15) is 0 Å². The summed E-state index contributed by atoms with van der Waals surface area (Å²) in [5.41, 5.74) is 1.63. The first kappa shape index (κ1) is 27.9. The summed E-state index contributed by atoms with van der Waals surface area (Å²) in [4.78, 5) is 22.7. The molecule has 3 N–H and O–H groups in total. The molecule has 0 unspecified atom stereocenters. The van der Waals surface area contributed by atoms with Gasteiger partial charge in [0.2, 0.25) is 11.9 Å². The molecule has 4 aromatic rings. The van der Waals surface area contributed by atoms with E-state index >= 15 is 0 Å². The second-order valence-corrected chi connectivity index (χ2v) is 12.2. The average Bonchev–Trinajstić information content (AvgIpc) is 2.95. The van der Waals surface area contributed by atoms with Crippen molar-refractivity contribution in [2.45, 2.75) is 0 Å². The van der Waals surface area contributed by atoms with Crippen molar-refractivity contribution in [1.29, 1.82) is 0 Å². The molecule has 1 fully saturated rings. The number of aromatic nitrogens is 2. The quantitative estimate of drug-likeness (QED) is 0.227. The van der Waals surface area contributed by atoms with E-state index in [1.165, 1.54) is 16.1 Å². The predicted molar refractivity (Wildman–Crippen MR) is 164 cm³/mol. The molecule has 9 nitrogen and oxygen atoms in total. The topological polar surface area (TPSA) is 101 Å². The number of rotatable bonds is 10. The molecule has 1 amide bonds. The van der Waals surface area contributed by atoms with Gasteiger partial charge in [-0.3, -0.25) is 9.69 Å². The Morgan fingerprint density at radius 2 is 1.95 bits per heavy atom. The second-order valence-electron chi connectivity index (χ2n) is 9.55. The van der Waals surface area contributed by atoms with Gasteiger partial charge in [-0.15, -0.1) is 0 Å². The highest BCUT2D eigenvalue weighted by atomic mass is 35.5. The number of halogens is 1. The number of nitrogens with zero attached hydrogens (tertiary/aromatic N) is 3. The molecular formula is C29H32ClN6O3P. The van der Waals surface area contributed by atoms with Crippen LogP contribution < -0.4 is 30.7 Å². The van der Waals surface area contributed by atoms with Crippen molar-refractivity contribution in [3.8, 4) is 11.5 Å². The number of benzene rings is 3. The van der Waals surface area contributed by atoms with Gasteiger partial charge in [-0.05, 0) is 42.3 Å². The number of methoxy groups -OCH3 is 1. The number of piperazine rings is 1. The normalized spacial score (nSPS) is 13.8. The number of amides is 1. The maximum atomic E-state index is 11.6. The molecule has 40 heavy (non-hydrogen) atoms. The molecule has 5 rings (SSSR count). The van der Waals surface area contributed by atoms with E-state index in [1.54, 1.807) is 13.3 Å². The Hall–Kier alpha value is -3.65. The number of carbonyl (C=O) groups excluding carboxylic acids is 1. The van der Waals surface area contributed by atoms with E-state index in [9.17, 15) is 4.79 Å². The van der Waals surface area contributed by atoms with E-state index in [-0.39, 0.29) is 5.91 Å². The van der Waals surface area contributed by atoms with E-state index in [0.29, 0.717) is 60.2 Å². The van der Waals surface area contributed by atoms with Crippen molar-refractivity contribution in [1.82, 2.24) is 20.2 Å². The molecule has 1 aliphatic rings. The SMILES string of the molecule is COc1ccc(OCCN2CCNC(=O)C2)cc1Nc1ncc(Cl)c(Nc2ccc3ccccc3c2P(C)C)n1. The lowest BCUT2D eigenvalue weighted by Gasteiger charge is -2.26. The summed E-state index contributed by atoms with van der Waals surface area (Å²) < 4.78 is 11.5. The van der Waals surface area contributed by atoms with E-state index in [1.807, 2.05) is 18.2 Å². The number of fused-ring (bicyclic) bond motifs is 1. The Kier molecular flexibility index (Phi) is 8.85. The highest BCUT2D eigenvalue weighted by molar-refractivity contribution is 7.65. The van der Waals surface area contributed by atoms with Crippen molar-refractivity contribution < 1.29 is 14.3 Å². The molecule has 1 aromatic heterocycles. The molecule has 0 aliphatic carbocycles. The monoisotopic (exact) mass is 578 g/mol. The molecule has 2 heterocycles. The lowest BCUT2D eigenvalue weighted by Crippen LogP contribution is -2.48. The van der Waals surface area contributed by atoms with Gasteiger partial charge in [0.25, 0.3) is 0 Å². The summed E-state index contributed by atoms with van der Waals surface area (Å²) >= 11 is 6.53. The fourth-order valence-corrected chi connectivity index (χ4v) is 6.09. The van der Waals surface area contributed by atoms with Gasteiger partial charge in [-0.1, -0.05) is 49.9 Å². The molecule has 208 valence electrons. The van der Waals surface area contributed by atoms with Crippen LogP contribution in [0.25, 0.3) is 10.8 Å². The van der Waals surface area contributed by atoms with Crippen LogP contribution in [0.2, 0.25) is 5.02 Å². The molecule has 11 heteroatoms. The van der Waals surface area contributed by atoms with Crippen LogP contribution in [-0.2, 0) is 4.79 Å². The molecule has 0 saturated carbocycles. The summed E-state index contributed by atoms with van der Waals surface area (Å²) in [6, 6.07) is 18.1. The second kappa shape index (κ2) is 12.7. The molecule has 1 saturated heterocycles. The predicted octanol–water partition coefficient (Wildman–Crippen LogP) is 4.96. The van der Waals surface area contributed by atoms with Gasteiger partial charge in [-0.2, -0.15) is 4.98 Å². The van der Waals surface area contributed by atoms with E-state index < -0.39 is 7.92 Å². The first-order chi connectivity index (χ1) is 19.4. The standard InChI is InChI=1S/C29H32ClN6O3P/c1-38-25-11-9-20(39-15-14-36-13-12-31-26(37)18-36)16-24(25)34-29-32-17-22(30)28(35-29)33-23-10-8-19-6-4-5-7-21(19)27(23)40(2)3/h4-11,16-17H,12-15,18H2,1-3H3,(H,31,37)(H2,32,33,34,35). The molecular weight excluding hydrogens is 547 g/mol. The number of nitrogens with one attached hydrogen (secondary N) is 3. The molecule has 1 aliphatic heterocycles. The zero-order chi connectivity index (χ0) is 28.1. The Morgan fingerprint density at radius 3 is 2.75 bits per heavy atom. The summed E-state index contributed by atoms with van der Waals surface area (Å²) in [5, 5.41) is 13.6. The van der Waals surface area contributed by atoms with Crippen molar-refractivity contribution >= 4 is 64.6 Å². The first-order valence-electron chi connectivity index (χ1n) is 13.0. The van der Waals surface area contributed by atoms with E-state index in [0.717, 1.165) is 12.2 Å². The average molecular weight is 579 g/mol. The molecule has 3 aromatic carbocycles. The summed E-state index contributed by atoms with van der Waals surface area (Å²) in [6.45, 7) is 7.45. The lowest BCUT2D eigenvalue weighted by atomic mass is 10.1. The Balaban J connectivity index is 1.33. The zero-order valence-corrected chi connectivity index (χ0v) is 24.4. The van der Waals surface area contributed by atoms with Gasteiger partial charge in [0.15, 0.2) is 5.82 Å². The third kappa shape index (κ3) is 6.55. The van der Waals surface area contributed by atoms with E-state index in [2.05, 4.69) is 80.5 Å². The van der Waals surface area contributed by atoms with Crippen molar-refractivity contribution in [3.63, 3.8) is 0 Å². The number of carbonyl (C=O) groups is 1. The highest BCUT2D eigenvalue weighted by Gasteiger charge is 2.17. The van der Waals surface area contributed by atoms with Crippen LogP contribution in [0.15, 0.2) is 60.8 Å². The van der Waals surface area contributed by atoms with E-state index in [4.69, 9.17) is 21.1 Å². The van der Waals surface area contributed by atoms with Crippen molar-refractivity contribution in [2.75, 3.05) is 63.9 Å². The van der Waals surface area contributed by atoms with Gasteiger partial charge in [0, 0.05) is 36.7 Å². The van der Waals surface area contributed by atoms with Crippen LogP contribution in [0, 0.1) is 0 Å². The van der Waals surface area contributed by atoms with Crippen molar-refractivity contribution in [2.24, 2.45) is 0 Å². The van der Waals surface area contributed by atoms with Gasteiger partial charge in [-0.25, -0.2) is 4.98 Å². The number of ether oxygens (including phenoxy) is 2. The largest absolute Gasteiger partial charge is 0.495 e. The lowest BCUT2D eigenvalue weighted by molar-refractivity contribution is -0.124. The Morgan fingerprint density at radius 1 is 1.10 bits per heavy atom. The maximum absolute atomic E-state index is 11.6. The van der Waals surface area contributed by atoms with Crippen LogP contribution in [-0.4, -0.2) is 74.0 Å². The summed E-state index contributed by atoms with van der Waals surface area (Å²) in [5.74, 6) is 2.19. The van der Waals surface area contributed by atoms with Gasteiger partial charge < -0.3 is 25.4 Å². The van der Waals surface area contributed by atoms with Crippen LogP contribution in [0.5, 0.6) is 11.5 Å². The molecule has 0 radical (unpaired) electrons. The molecule has 0 atom stereocenters. The minimum atomic E-state index is -0.410. The minimum Gasteiger partial charge on any atom is -0.495 e. The van der Waals surface area contributed by atoms with Gasteiger partial charge in [0.1, 0.15) is 23.1 Å². The number of anilines is 4. The third-order valence-electron chi connectivity index (χ3n) is 6.56. The van der Waals surface area contributed by atoms with Gasteiger partial charge in [0.05, 0.1) is 25.5 Å². The third-order valence-corrected chi connectivity index (χ3v) is 8.21. The van der Waals surface area contributed by atoms with Gasteiger partial charge >= 0.3 is 0 Å². The fraction of sp³-hybridized carbons (Fsp3) is 0.276. The van der Waals surface area contributed by atoms with Crippen LogP contribution in [0.3, 0.4) is 0 Å². The van der Waals surface area contributed by atoms with Crippen LogP contribution in [0.4, 0.5) is 23.1 Å². The maximum Gasteiger partial charge on any atom is 0.234 e. The minimum absolute atomic E-state index is 0.0426.